The second kappa shape index (κ2) is 7.37. The minimum absolute atomic E-state index is 0.0312. The molecule has 0 aromatic heterocycles. The van der Waals surface area contributed by atoms with Crippen molar-refractivity contribution in [3.63, 3.8) is 0 Å². The van der Waals surface area contributed by atoms with E-state index in [1.165, 1.54) is 4.90 Å². The van der Waals surface area contributed by atoms with Crippen LogP contribution in [0.3, 0.4) is 0 Å². The monoisotopic (exact) mass is 375 g/mol. The van der Waals surface area contributed by atoms with E-state index >= 15 is 0 Å². The number of rotatable bonds is 5. The lowest BCUT2D eigenvalue weighted by atomic mass is 10.0. The first-order chi connectivity index (χ1) is 12.0. The molecule has 6 heteroatoms. The van der Waals surface area contributed by atoms with Crippen LogP contribution in [0.2, 0.25) is 18.1 Å². The van der Waals surface area contributed by atoms with Gasteiger partial charge >= 0.3 is 6.09 Å². The lowest BCUT2D eigenvalue weighted by molar-refractivity contribution is 0.0732. The molecule has 1 aliphatic heterocycles. The minimum atomic E-state index is -2.04. The number of amides is 2. The van der Waals surface area contributed by atoms with Gasteiger partial charge in [-0.15, -0.1) is 0 Å². The predicted molar refractivity (Wildman–Crippen MR) is 105 cm³/mol. The van der Waals surface area contributed by atoms with Gasteiger partial charge in [0.2, 0.25) is 0 Å². The molecule has 1 fully saturated rings. The number of ether oxygens (including phenoxy) is 1. The van der Waals surface area contributed by atoms with Crippen molar-refractivity contribution in [2.45, 2.75) is 58.0 Å². The molecule has 2 amide bonds. The molecule has 0 N–H and O–H groups in total. The fourth-order valence-corrected chi connectivity index (χ4v) is 3.59. The summed E-state index contributed by atoms with van der Waals surface area (Å²) in [4.78, 5) is 26.5. The number of carbonyl (C=O) groups excluding carboxylic acids is 2. The normalized spacial score (nSPS) is 20.8. The van der Waals surface area contributed by atoms with E-state index < -0.39 is 26.6 Å². The Bertz CT molecular complexity index is 694. The van der Waals surface area contributed by atoms with Crippen LogP contribution in [0.4, 0.5) is 4.79 Å². The van der Waals surface area contributed by atoms with E-state index in [-0.39, 0.29) is 17.6 Å². The third kappa shape index (κ3) is 4.07. The van der Waals surface area contributed by atoms with E-state index in [9.17, 15) is 9.59 Å². The van der Waals surface area contributed by atoms with Crippen molar-refractivity contribution in [3.05, 3.63) is 48.0 Å². The van der Waals surface area contributed by atoms with Gasteiger partial charge in [-0.05, 0) is 42.8 Å². The van der Waals surface area contributed by atoms with E-state index in [0.717, 1.165) is 0 Å². The van der Waals surface area contributed by atoms with Crippen molar-refractivity contribution >= 4 is 20.3 Å². The molecule has 2 atom stereocenters. The highest BCUT2D eigenvalue weighted by Gasteiger charge is 2.47. The van der Waals surface area contributed by atoms with Crippen LogP contribution in [0, 0.1) is 0 Å². The molecule has 1 aliphatic rings. The van der Waals surface area contributed by atoms with Crippen molar-refractivity contribution in [1.82, 2.24) is 4.90 Å². The molecule has 5 nitrogen and oxygen atoms in total. The van der Waals surface area contributed by atoms with Crippen LogP contribution < -0.4 is 0 Å². The Morgan fingerprint density at radius 1 is 1.27 bits per heavy atom. The SMILES string of the molecule is C=C(C)[C@H]1OC(=O)N(C(=O)c2ccccc2)[C@@H]1CO[Si](C)(C)C(C)(C)C. The minimum Gasteiger partial charge on any atom is -0.439 e. The third-order valence-corrected chi connectivity index (χ3v) is 9.75. The number of nitrogens with zero attached hydrogens (tertiary/aromatic N) is 1. The zero-order chi connectivity index (χ0) is 19.7. The number of imide groups is 1. The van der Waals surface area contributed by atoms with Gasteiger partial charge in [0.1, 0.15) is 12.1 Å². The number of cyclic esters (lactones) is 1. The second-order valence-corrected chi connectivity index (χ2v) is 13.1. The summed E-state index contributed by atoms with van der Waals surface area (Å²) >= 11 is 0. The molecule has 0 aliphatic carbocycles. The maximum atomic E-state index is 12.9. The lowest BCUT2D eigenvalue weighted by Gasteiger charge is -2.37. The molecule has 1 aromatic rings. The first-order valence-corrected chi connectivity index (χ1v) is 11.7. The Labute approximate surface area is 157 Å². The van der Waals surface area contributed by atoms with Gasteiger partial charge in [-0.1, -0.05) is 45.5 Å². The first kappa shape index (κ1) is 20.4. The first-order valence-electron chi connectivity index (χ1n) is 8.84. The average Bonchev–Trinajstić information content (AvgIpc) is 2.89. The molecule has 0 saturated carbocycles. The van der Waals surface area contributed by atoms with E-state index in [1.807, 2.05) is 6.07 Å². The molecule has 1 aromatic carbocycles. The van der Waals surface area contributed by atoms with Gasteiger partial charge in [-0.2, -0.15) is 0 Å². The van der Waals surface area contributed by atoms with E-state index in [4.69, 9.17) is 9.16 Å². The summed E-state index contributed by atoms with van der Waals surface area (Å²) in [6, 6.07) is 8.23. The Balaban J connectivity index is 2.29. The zero-order valence-electron chi connectivity index (χ0n) is 16.5. The molecule has 1 saturated heterocycles. The molecule has 0 spiro atoms. The van der Waals surface area contributed by atoms with Crippen molar-refractivity contribution in [2.24, 2.45) is 0 Å². The Hall–Kier alpha value is -1.92. The summed E-state index contributed by atoms with van der Waals surface area (Å²) < 4.78 is 11.7. The van der Waals surface area contributed by atoms with Gasteiger partial charge in [0.25, 0.3) is 5.91 Å². The maximum Gasteiger partial charge on any atom is 0.417 e. The molecule has 0 bridgehead atoms. The summed E-state index contributed by atoms with van der Waals surface area (Å²) in [6.07, 6.45) is -1.20. The Kier molecular flexibility index (Phi) is 5.78. The second-order valence-electron chi connectivity index (χ2n) is 8.33. The van der Waals surface area contributed by atoms with Crippen LogP contribution in [0.1, 0.15) is 38.1 Å². The zero-order valence-corrected chi connectivity index (χ0v) is 17.5. The largest absolute Gasteiger partial charge is 0.439 e. The number of carbonyl (C=O) groups is 2. The highest BCUT2D eigenvalue weighted by molar-refractivity contribution is 6.74. The topological polar surface area (TPSA) is 55.8 Å². The fraction of sp³-hybridized carbons (Fsp3) is 0.500. The lowest BCUT2D eigenvalue weighted by Crippen LogP contribution is -2.49. The number of benzene rings is 1. The van der Waals surface area contributed by atoms with Gasteiger partial charge in [-0.3, -0.25) is 4.79 Å². The average molecular weight is 376 g/mol. The highest BCUT2D eigenvalue weighted by Crippen LogP contribution is 2.37. The number of hydrogen-bond acceptors (Lipinski definition) is 4. The van der Waals surface area contributed by atoms with Crippen molar-refractivity contribution in [2.75, 3.05) is 6.61 Å². The summed E-state index contributed by atoms with van der Waals surface area (Å²) in [7, 11) is -2.04. The molecule has 2 rings (SSSR count). The van der Waals surface area contributed by atoms with Gasteiger partial charge in [0.15, 0.2) is 8.32 Å². The molecule has 0 unspecified atom stereocenters. The van der Waals surface area contributed by atoms with E-state index in [0.29, 0.717) is 11.1 Å². The molecular weight excluding hydrogens is 346 g/mol. The van der Waals surface area contributed by atoms with Crippen LogP contribution in [-0.4, -0.2) is 44.0 Å². The highest BCUT2D eigenvalue weighted by atomic mass is 28.4. The molecule has 142 valence electrons. The fourth-order valence-electron chi connectivity index (χ4n) is 2.57. The Morgan fingerprint density at radius 3 is 2.35 bits per heavy atom. The van der Waals surface area contributed by atoms with Crippen molar-refractivity contribution in [3.8, 4) is 0 Å². The number of hydrogen-bond donors (Lipinski definition) is 0. The van der Waals surface area contributed by atoms with E-state index in [2.05, 4.69) is 40.4 Å². The van der Waals surface area contributed by atoms with Gasteiger partial charge in [0.05, 0.1) is 6.61 Å². The predicted octanol–water partition coefficient (Wildman–Crippen LogP) is 4.61. The van der Waals surface area contributed by atoms with E-state index in [1.54, 1.807) is 31.2 Å². The molecule has 1 heterocycles. The van der Waals surface area contributed by atoms with Crippen LogP contribution >= 0.6 is 0 Å². The van der Waals surface area contributed by atoms with Gasteiger partial charge in [-0.25, -0.2) is 9.69 Å². The molecule has 0 radical (unpaired) electrons. The maximum absolute atomic E-state index is 12.9. The summed E-state index contributed by atoms with van der Waals surface area (Å²) in [6.45, 7) is 16.7. The third-order valence-electron chi connectivity index (χ3n) is 5.25. The summed E-state index contributed by atoms with van der Waals surface area (Å²) in [5, 5.41) is 0.0312. The summed E-state index contributed by atoms with van der Waals surface area (Å²) in [5.41, 5.74) is 1.15. The van der Waals surface area contributed by atoms with Crippen molar-refractivity contribution < 1.29 is 18.8 Å². The van der Waals surface area contributed by atoms with Crippen LogP contribution in [0.25, 0.3) is 0 Å². The molecular formula is C20H29NO4Si. The smallest absolute Gasteiger partial charge is 0.417 e. The van der Waals surface area contributed by atoms with Crippen LogP contribution in [0.5, 0.6) is 0 Å². The van der Waals surface area contributed by atoms with Crippen LogP contribution in [0.15, 0.2) is 42.5 Å². The van der Waals surface area contributed by atoms with Crippen molar-refractivity contribution in [1.29, 1.82) is 0 Å². The van der Waals surface area contributed by atoms with Gasteiger partial charge < -0.3 is 9.16 Å². The van der Waals surface area contributed by atoms with Crippen LogP contribution in [-0.2, 0) is 9.16 Å². The standard InChI is InChI=1S/C20H29NO4Si/c1-14(2)17-16(13-24-26(6,7)20(3,4)5)21(19(23)25-17)18(22)15-11-9-8-10-12-15/h8-12,16-17H,1,13H2,2-7H3/t16-,17-/m1/s1. The van der Waals surface area contributed by atoms with Gasteiger partial charge in [0, 0.05) is 5.56 Å². The molecule has 26 heavy (non-hydrogen) atoms. The quantitative estimate of drug-likeness (QED) is 0.557. The summed E-state index contributed by atoms with van der Waals surface area (Å²) in [5.74, 6) is -0.372. The Morgan fingerprint density at radius 2 is 1.85 bits per heavy atom.